The van der Waals surface area contributed by atoms with Crippen molar-refractivity contribution in [2.45, 2.75) is 39.8 Å². The Morgan fingerprint density at radius 1 is 1.16 bits per heavy atom. The van der Waals surface area contributed by atoms with E-state index < -0.39 is 24.2 Å². The maximum Gasteiger partial charge on any atom is 0.323 e. The first-order chi connectivity index (χ1) is 20.5. The van der Waals surface area contributed by atoms with E-state index in [1.165, 1.54) is 4.90 Å². The highest BCUT2D eigenvalue weighted by molar-refractivity contribution is 6.04. The summed E-state index contributed by atoms with van der Waals surface area (Å²) in [6, 6.07) is 10.3. The predicted molar refractivity (Wildman–Crippen MR) is 161 cm³/mol. The molecule has 1 aromatic heterocycles. The summed E-state index contributed by atoms with van der Waals surface area (Å²) in [6.45, 7) is 7.30. The number of hydrogen-bond acceptors (Lipinski definition) is 8. The highest BCUT2D eigenvalue weighted by Crippen LogP contribution is 2.35. The minimum absolute atomic E-state index is 0.151. The SMILES string of the molecule is COc1ccc(NC(=O)Nc2cccc3c2O[C@H](CN(C)C(=O)Nc2c(C)noc2C)[C@H](C)CN([C@H](C)CO)C3=O)cc1. The summed E-state index contributed by atoms with van der Waals surface area (Å²) in [5, 5.41) is 22.2. The Morgan fingerprint density at radius 2 is 1.88 bits per heavy atom. The average molecular weight is 595 g/mol. The normalized spacial score (nSPS) is 17.1. The van der Waals surface area contributed by atoms with Crippen molar-refractivity contribution < 1.29 is 33.5 Å². The molecule has 2 heterocycles. The van der Waals surface area contributed by atoms with Gasteiger partial charge in [-0.1, -0.05) is 18.1 Å². The summed E-state index contributed by atoms with van der Waals surface area (Å²) in [5.74, 6) is 0.699. The number of carbonyl (C=O) groups is 3. The number of para-hydroxylation sites is 1. The molecule has 0 radical (unpaired) electrons. The van der Waals surface area contributed by atoms with Gasteiger partial charge in [-0.2, -0.15) is 0 Å². The summed E-state index contributed by atoms with van der Waals surface area (Å²) in [5.41, 5.74) is 2.09. The number of nitrogens with zero attached hydrogens (tertiary/aromatic N) is 3. The van der Waals surface area contributed by atoms with Crippen molar-refractivity contribution in [2.75, 3.05) is 49.8 Å². The number of fused-ring (bicyclic) bond motifs is 1. The molecule has 0 bridgehead atoms. The quantitative estimate of drug-likeness (QED) is 0.300. The third-order valence-corrected chi connectivity index (χ3v) is 7.35. The van der Waals surface area contributed by atoms with Crippen LogP contribution < -0.4 is 25.4 Å². The lowest BCUT2D eigenvalue weighted by Gasteiger charge is -2.38. The van der Waals surface area contributed by atoms with Gasteiger partial charge in [-0.3, -0.25) is 4.79 Å². The molecular formula is C30H38N6O7. The summed E-state index contributed by atoms with van der Waals surface area (Å²) in [7, 11) is 3.19. The van der Waals surface area contributed by atoms with E-state index in [1.54, 1.807) is 82.3 Å². The van der Waals surface area contributed by atoms with Crippen molar-refractivity contribution in [3.63, 3.8) is 0 Å². The minimum atomic E-state index is -0.590. The monoisotopic (exact) mass is 594 g/mol. The van der Waals surface area contributed by atoms with Gasteiger partial charge in [0.05, 0.1) is 37.6 Å². The summed E-state index contributed by atoms with van der Waals surface area (Å²) in [4.78, 5) is 42.9. The molecule has 4 N–H and O–H groups in total. The maximum atomic E-state index is 13.7. The lowest BCUT2D eigenvalue weighted by atomic mass is 9.99. The number of anilines is 3. The molecule has 43 heavy (non-hydrogen) atoms. The van der Waals surface area contributed by atoms with Crippen LogP contribution in [-0.4, -0.2) is 84.0 Å². The zero-order valence-electron chi connectivity index (χ0n) is 25.1. The van der Waals surface area contributed by atoms with Crippen molar-refractivity contribution >= 4 is 35.0 Å². The standard InChI is InChI=1S/C30H38N6O7/c1-17-14-36(18(2)16-37)28(38)23-8-7-9-24(32-29(39)31-21-10-12-22(41-6)13-11-21)27(23)42-25(17)15-35(5)30(40)33-26-19(3)34-43-20(26)4/h7-13,17-18,25,37H,14-16H2,1-6H3,(H,33,40)(H2,31,32,39)/t17-,18-,25-/m1/s1. The third-order valence-electron chi connectivity index (χ3n) is 7.35. The molecule has 0 spiro atoms. The molecule has 0 saturated carbocycles. The number of aliphatic hydroxyl groups is 1. The van der Waals surface area contributed by atoms with Crippen molar-refractivity contribution in [2.24, 2.45) is 5.92 Å². The number of aromatic nitrogens is 1. The Labute approximate surface area is 250 Å². The van der Waals surface area contributed by atoms with Gasteiger partial charge in [-0.15, -0.1) is 0 Å². The fourth-order valence-electron chi connectivity index (χ4n) is 4.74. The maximum absolute atomic E-state index is 13.7. The predicted octanol–water partition coefficient (Wildman–Crippen LogP) is 4.33. The van der Waals surface area contributed by atoms with Crippen molar-refractivity contribution in [1.29, 1.82) is 0 Å². The first-order valence-corrected chi connectivity index (χ1v) is 13.9. The molecule has 3 aromatic rings. The molecule has 0 aliphatic carbocycles. The molecular weight excluding hydrogens is 556 g/mol. The number of amides is 5. The molecule has 230 valence electrons. The van der Waals surface area contributed by atoms with Gasteiger partial charge >= 0.3 is 12.1 Å². The van der Waals surface area contributed by atoms with Crippen molar-refractivity contribution in [3.8, 4) is 11.5 Å². The van der Waals surface area contributed by atoms with E-state index in [0.29, 0.717) is 28.6 Å². The van der Waals surface area contributed by atoms with Gasteiger partial charge in [0.1, 0.15) is 23.2 Å². The number of urea groups is 2. The lowest BCUT2D eigenvalue weighted by Crippen LogP contribution is -2.50. The number of aryl methyl sites for hydroxylation is 2. The minimum Gasteiger partial charge on any atom is -0.497 e. The van der Waals surface area contributed by atoms with Gasteiger partial charge < -0.3 is 44.9 Å². The summed E-state index contributed by atoms with van der Waals surface area (Å²) >= 11 is 0. The number of benzene rings is 2. The van der Waals surface area contributed by atoms with E-state index in [-0.39, 0.29) is 48.5 Å². The molecule has 4 rings (SSSR count). The van der Waals surface area contributed by atoms with Crippen molar-refractivity contribution in [1.82, 2.24) is 15.0 Å². The highest BCUT2D eigenvalue weighted by Gasteiger charge is 2.35. The fourth-order valence-corrected chi connectivity index (χ4v) is 4.74. The number of carbonyl (C=O) groups excluding carboxylic acids is 3. The smallest absolute Gasteiger partial charge is 0.323 e. The Balaban J connectivity index is 1.61. The van der Waals surface area contributed by atoms with Gasteiger partial charge in [0.2, 0.25) is 0 Å². The first kappa shape index (κ1) is 31.2. The zero-order chi connectivity index (χ0) is 31.3. The van der Waals surface area contributed by atoms with Gasteiger partial charge in [-0.25, -0.2) is 9.59 Å². The molecule has 5 amide bonds. The number of likely N-dealkylation sites (N-methyl/N-ethyl adjacent to an activating group) is 1. The average Bonchev–Trinajstić information content (AvgIpc) is 3.31. The molecule has 0 unspecified atom stereocenters. The van der Waals surface area contributed by atoms with E-state index in [9.17, 15) is 19.5 Å². The first-order valence-electron chi connectivity index (χ1n) is 13.9. The van der Waals surface area contributed by atoms with Gasteiger partial charge in [0.15, 0.2) is 11.5 Å². The third kappa shape index (κ3) is 7.17. The molecule has 1 aliphatic rings. The van der Waals surface area contributed by atoms with Gasteiger partial charge in [0.25, 0.3) is 5.91 Å². The molecule has 1 aliphatic heterocycles. The molecule has 3 atom stereocenters. The van der Waals surface area contributed by atoms with Crippen LogP contribution in [0.25, 0.3) is 0 Å². The molecule has 13 nitrogen and oxygen atoms in total. The van der Waals surface area contributed by atoms with Crippen LogP contribution in [0.1, 0.15) is 35.7 Å². The van der Waals surface area contributed by atoms with E-state index in [0.717, 1.165) is 0 Å². The van der Waals surface area contributed by atoms with Crippen LogP contribution in [0, 0.1) is 19.8 Å². The van der Waals surface area contributed by atoms with E-state index in [2.05, 4.69) is 21.1 Å². The zero-order valence-corrected chi connectivity index (χ0v) is 25.1. The van der Waals surface area contributed by atoms with Gasteiger partial charge in [0, 0.05) is 25.2 Å². The number of rotatable bonds is 8. The fraction of sp³-hybridized carbons (Fsp3) is 0.400. The van der Waals surface area contributed by atoms with Crippen molar-refractivity contribution in [3.05, 3.63) is 59.5 Å². The number of nitrogens with one attached hydrogen (secondary N) is 3. The van der Waals surface area contributed by atoms with Crippen LogP contribution in [0.15, 0.2) is 47.0 Å². The summed E-state index contributed by atoms with van der Waals surface area (Å²) in [6.07, 6.45) is -0.590. The highest BCUT2D eigenvalue weighted by atomic mass is 16.5. The van der Waals surface area contributed by atoms with Crippen LogP contribution in [0.3, 0.4) is 0 Å². The van der Waals surface area contributed by atoms with Crippen LogP contribution >= 0.6 is 0 Å². The largest absolute Gasteiger partial charge is 0.497 e. The Morgan fingerprint density at radius 3 is 2.51 bits per heavy atom. The molecule has 0 fully saturated rings. The van der Waals surface area contributed by atoms with Crippen LogP contribution in [-0.2, 0) is 0 Å². The number of aliphatic hydroxyl groups excluding tert-OH is 1. The Bertz CT molecular complexity index is 1440. The lowest BCUT2D eigenvalue weighted by molar-refractivity contribution is 0.0373. The Kier molecular flexibility index (Phi) is 9.76. The molecule has 0 saturated heterocycles. The molecule has 13 heteroatoms. The topological polar surface area (TPSA) is 158 Å². The van der Waals surface area contributed by atoms with Crippen LogP contribution in [0.5, 0.6) is 11.5 Å². The van der Waals surface area contributed by atoms with Crippen LogP contribution in [0.2, 0.25) is 0 Å². The Hall–Kier alpha value is -4.78. The number of methoxy groups -OCH3 is 1. The molecule has 2 aromatic carbocycles. The second kappa shape index (κ2) is 13.5. The summed E-state index contributed by atoms with van der Waals surface area (Å²) < 4.78 is 16.8. The van der Waals surface area contributed by atoms with Gasteiger partial charge in [-0.05, 0) is 57.2 Å². The van der Waals surface area contributed by atoms with E-state index in [4.69, 9.17) is 14.0 Å². The second-order valence-electron chi connectivity index (χ2n) is 10.6. The van der Waals surface area contributed by atoms with E-state index >= 15 is 0 Å². The number of ether oxygens (including phenoxy) is 2. The number of hydrogen-bond donors (Lipinski definition) is 4. The second-order valence-corrected chi connectivity index (χ2v) is 10.6. The van der Waals surface area contributed by atoms with E-state index in [1.807, 2.05) is 6.92 Å². The van der Waals surface area contributed by atoms with Crippen LogP contribution in [0.4, 0.5) is 26.7 Å².